The molecule has 4 rings (SSSR count). The summed E-state index contributed by atoms with van der Waals surface area (Å²) in [5.74, 6) is 0.912. The van der Waals surface area contributed by atoms with E-state index in [2.05, 4.69) is 15.5 Å². The molecule has 1 N–H and O–H groups in total. The van der Waals surface area contributed by atoms with Gasteiger partial charge in [-0.1, -0.05) is 35.5 Å². The zero-order valence-corrected chi connectivity index (χ0v) is 15.8. The number of anilines is 1. The van der Waals surface area contributed by atoms with Crippen LogP contribution in [0.25, 0.3) is 16.8 Å². The van der Waals surface area contributed by atoms with Crippen LogP contribution in [0, 0.1) is 0 Å². The number of carbonyl (C=O) groups is 1. The van der Waals surface area contributed by atoms with Crippen molar-refractivity contribution in [3.05, 3.63) is 81.7 Å². The minimum atomic E-state index is -0.180. The molecule has 0 unspecified atom stereocenters. The lowest BCUT2D eigenvalue weighted by Gasteiger charge is -2.07. The van der Waals surface area contributed by atoms with Crippen LogP contribution in [0.2, 0.25) is 0 Å². The van der Waals surface area contributed by atoms with E-state index in [0.717, 1.165) is 21.0 Å². The number of rotatable bonds is 6. The van der Waals surface area contributed by atoms with Crippen molar-refractivity contribution in [3.63, 3.8) is 0 Å². The maximum absolute atomic E-state index is 12.2. The van der Waals surface area contributed by atoms with Crippen LogP contribution in [-0.4, -0.2) is 16.0 Å². The second-order valence-electron chi connectivity index (χ2n) is 5.66. The van der Waals surface area contributed by atoms with Gasteiger partial charge in [0, 0.05) is 16.6 Å². The molecular weight excluding hydrogens is 378 g/mol. The normalized spacial score (nSPS) is 11.1. The molecule has 0 radical (unpaired) electrons. The molecular formula is C20H15N3O2S2. The quantitative estimate of drug-likeness (QED) is 0.463. The number of thiophene rings is 2. The molecule has 1 amide bonds. The van der Waals surface area contributed by atoms with E-state index in [4.69, 9.17) is 4.52 Å². The molecule has 3 heterocycles. The first kappa shape index (κ1) is 17.4. The van der Waals surface area contributed by atoms with Crippen molar-refractivity contribution >= 4 is 40.3 Å². The summed E-state index contributed by atoms with van der Waals surface area (Å²) < 4.78 is 5.37. The largest absolute Gasteiger partial charge is 0.339 e. The van der Waals surface area contributed by atoms with Gasteiger partial charge >= 0.3 is 0 Å². The smallest absolute Gasteiger partial charge is 0.248 e. The molecule has 0 aliphatic heterocycles. The maximum Gasteiger partial charge on any atom is 0.248 e. The average Bonchev–Trinajstić information content (AvgIpc) is 3.44. The predicted molar refractivity (Wildman–Crippen MR) is 109 cm³/mol. The summed E-state index contributed by atoms with van der Waals surface area (Å²) >= 11 is 3.15. The van der Waals surface area contributed by atoms with Crippen LogP contribution in [0.1, 0.15) is 16.3 Å². The third-order valence-corrected chi connectivity index (χ3v) is 5.47. The molecule has 5 nitrogen and oxygen atoms in total. The second kappa shape index (κ2) is 8.11. The summed E-state index contributed by atoms with van der Waals surface area (Å²) in [7, 11) is 0. The lowest BCUT2D eigenvalue weighted by Crippen LogP contribution is -2.10. The fourth-order valence-electron chi connectivity index (χ4n) is 2.51. The van der Waals surface area contributed by atoms with Crippen molar-refractivity contribution < 1.29 is 9.32 Å². The Labute approximate surface area is 164 Å². The highest BCUT2D eigenvalue weighted by molar-refractivity contribution is 7.13. The van der Waals surface area contributed by atoms with Crippen molar-refractivity contribution in [2.75, 3.05) is 5.32 Å². The molecule has 0 bridgehead atoms. The zero-order valence-electron chi connectivity index (χ0n) is 14.2. The van der Waals surface area contributed by atoms with E-state index in [9.17, 15) is 4.79 Å². The van der Waals surface area contributed by atoms with Gasteiger partial charge in [0.25, 0.3) is 0 Å². The van der Waals surface area contributed by atoms with E-state index in [0.29, 0.717) is 18.1 Å². The number of amides is 1. The van der Waals surface area contributed by atoms with Crippen molar-refractivity contribution in [3.8, 4) is 10.7 Å². The van der Waals surface area contributed by atoms with Crippen LogP contribution >= 0.6 is 22.7 Å². The van der Waals surface area contributed by atoms with Crippen LogP contribution in [0.15, 0.2) is 69.9 Å². The van der Waals surface area contributed by atoms with Crippen molar-refractivity contribution in [2.45, 2.75) is 6.42 Å². The van der Waals surface area contributed by atoms with Gasteiger partial charge in [-0.15, -0.1) is 22.7 Å². The lowest BCUT2D eigenvalue weighted by atomic mass is 10.1. The van der Waals surface area contributed by atoms with Crippen LogP contribution in [-0.2, 0) is 11.2 Å². The Kier molecular flexibility index (Phi) is 5.22. The molecule has 0 saturated heterocycles. The fourth-order valence-corrected chi connectivity index (χ4v) is 3.78. The van der Waals surface area contributed by atoms with E-state index >= 15 is 0 Å². The summed E-state index contributed by atoms with van der Waals surface area (Å²) in [5.41, 5.74) is 1.64. The monoisotopic (exact) mass is 393 g/mol. The second-order valence-corrected chi connectivity index (χ2v) is 7.59. The summed E-state index contributed by atoms with van der Waals surface area (Å²) in [6.45, 7) is 0. The predicted octanol–water partition coefficient (Wildman–Crippen LogP) is 5.10. The first-order valence-corrected chi connectivity index (χ1v) is 10.0. The van der Waals surface area contributed by atoms with E-state index in [1.165, 1.54) is 6.08 Å². The van der Waals surface area contributed by atoms with Gasteiger partial charge in [-0.25, -0.2) is 0 Å². The fraction of sp³-hybridized carbons (Fsp3) is 0.0500. The highest BCUT2D eigenvalue weighted by Crippen LogP contribution is 2.23. The van der Waals surface area contributed by atoms with E-state index in [1.54, 1.807) is 28.7 Å². The Morgan fingerprint density at radius 3 is 2.74 bits per heavy atom. The number of aromatic nitrogens is 2. The van der Waals surface area contributed by atoms with E-state index in [-0.39, 0.29) is 5.91 Å². The lowest BCUT2D eigenvalue weighted by molar-refractivity contribution is -0.111. The first-order chi connectivity index (χ1) is 13.3. The number of hydrogen-bond donors (Lipinski definition) is 1. The van der Waals surface area contributed by atoms with Crippen molar-refractivity contribution in [1.29, 1.82) is 0 Å². The van der Waals surface area contributed by atoms with Gasteiger partial charge in [-0.3, -0.25) is 4.79 Å². The number of hydrogen-bond acceptors (Lipinski definition) is 6. The van der Waals surface area contributed by atoms with Gasteiger partial charge in [0.15, 0.2) is 0 Å². The number of nitrogens with zero attached hydrogens (tertiary/aromatic N) is 2. The third-order valence-electron chi connectivity index (χ3n) is 3.77. The van der Waals surface area contributed by atoms with Crippen molar-refractivity contribution in [1.82, 2.24) is 10.1 Å². The number of benzene rings is 1. The Morgan fingerprint density at radius 1 is 1.07 bits per heavy atom. The highest BCUT2D eigenvalue weighted by atomic mass is 32.1. The first-order valence-electron chi connectivity index (χ1n) is 8.25. The molecule has 27 heavy (non-hydrogen) atoms. The third kappa shape index (κ3) is 4.39. The maximum atomic E-state index is 12.2. The van der Waals surface area contributed by atoms with Gasteiger partial charge < -0.3 is 9.84 Å². The molecule has 3 aromatic heterocycles. The number of nitrogens with one attached hydrogen (secondary N) is 1. The standard InChI is InChI=1S/C20H15N3O2S2/c24-18(10-9-15-6-3-11-26-15)21-16-7-2-1-5-14(16)13-19-22-20(23-25-19)17-8-4-12-27-17/h1-12H,13H2,(H,21,24)/b10-9+. The minimum Gasteiger partial charge on any atom is -0.339 e. The highest BCUT2D eigenvalue weighted by Gasteiger charge is 2.12. The summed E-state index contributed by atoms with van der Waals surface area (Å²) in [6, 6.07) is 15.4. The Bertz CT molecular complexity index is 1050. The summed E-state index contributed by atoms with van der Waals surface area (Å²) in [6.07, 6.45) is 3.78. The molecule has 0 aliphatic rings. The Balaban J connectivity index is 1.47. The molecule has 134 valence electrons. The molecule has 0 fully saturated rings. The van der Waals surface area contributed by atoms with Gasteiger partial charge in [-0.2, -0.15) is 4.98 Å². The Hall–Kier alpha value is -3.03. The van der Waals surface area contributed by atoms with Crippen LogP contribution in [0.3, 0.4) is 0 Å². The van der Waals surface area contributed by atoms with Gasteiger partial charge in [0.2, 0.25) is 17.6 Å². The van der Waals surface area contributed by atoms with Crippen LogP contribution < -0.4 is 5.32 Å². The molecule has 0 aliphatic carbocycles. The molecule has 4 aromatic rings. The van der Waals surface area contributed by atoms with E-state index in [1.807, 2.05) is 59.3 Å². The average molecular weight is 393 g/mol. The SMILES string of the molecule is O=C(/C=C/c1cccs1)Nc1ccccc1Cc1nc(-c2cccs2)no1. The summed E-state index contributed by atoms with van der Waals surface area (Å²) in [4.78, 5) is 18.7. The number of para-hydroxylation sites is 1. The molecule has 0 saturated carbocycles. The zero-order chi connectivity index (χ0) is 18.5. The summed E-state index contributed by atoms with van der Waals surface area (Å²) in [5, 5.41) is 10.9. The van der Waals surface area contributed by atoms with Gasteiger partial charge in [0.05, 0.1) is 11.3 Å². The van der Waals surface area contributed by atoms with Gasteiger partial charge in [-0.05, 0) is 40.6 Å². The molecule has 0 atom stereocenters. The van der Waals surface area contributed by atoms with Crippen molar-refractivity contribution in [2.24, 2.45) is 0 Å². The molecule has 7 heteroatoms. The molecule has 1 aromatic carbocycles. The minimum absolute atomic E-state index is 0.180. The molecule has 0 spiro atoms. The van der Waals surface area contributed by atoms with E-state index < -0.39 is 0 Å². The van der Waals surface area contributed by atoms with Gasteiger partial charge in [0.1, 0.15) is 0 Å². The van der Waals surface area contributed by atoms with Crippen LogP contribution in [0.5, 0.6) is 0 Å². The topological polar surface area (TPSA) is 68.0 Å². The Morgan fingerprint density at radius 2 is 1.93 bits per heavy atom. The number of carbonyl (C=O) groups excluding carboxylic acids is 1. The van der Waals surface area contributed by atoms with Crippen LogP contribution in [0.4, 0.5) is 5.69 Å².